The summed E-state index contributed by atoms with van der Waals surface area (Å²) in [5, 5.41) is 16.0. The number of anilines is 2. The van der Waals surface area contributed by atoms with Gasteiger partial charge in [-0.2, -0.15) is 18.2 Å². The Hall–Kier alpha value is -6.00. The van der Waals surface area contributed by atoms with Gasteiger partial charge in [0.05, 0.1) is 11.1 Å². The molecule has 0 saturated carbocycles. The zero-order valence-corrected chi connectivity index (χ0v) is 29.4. The lowest BCUT2D eigenvalue weighted by molar-refractivity contribution is -0.140. The molecule has 0 unspecified atom stereocenters. The monoisotopic (exact) mass is 753 g/mol. The highest BCUT2D eigenvalue weighted by Gasteiger charge is 2.34. The van der Waals surface area contributed by atoms with Crippen LogP contribution in [0.25, 0.3) is 33.1 Å². The van der Waals surface area contributed by atoms with Crippen LogP contribution in [0.3, 0.4) is 0 Å². The molecule has 3 heterocycles. The number of carbonyl (C=O) groups is 2. The molecule has 0 fully saturated rings. The number of aromatic carboxylic acids is 1. The van der Waals surface area contributed by atoms with Gasteiger partial charge in [-0.15, -0.1) is 4.73 Å². The minimum atomic E-state index is -4.89. The van der Waals surface area contributed by atoms with Crippen molar-refractivity contribution in [3.8, 4) is 11.1 Å². The number of fused-ring (bicyclic) bond motifs is 2. The lowest BCUT2D eigenvalue weighted by Crippen LogP contribution is -2.28. The molecule has 0 atom stereocenters. The van der Waals surface area contributed by atoms with Crippen molar-refractivity contribution in [3.63, 3.8) is 0 Å². The molecule has 3 aromatic heterocycles. The third-order valence-corrected chi connectivity index (χ3v) is 8.28. The van der Waals surface area contributed by atoms with Crippen LogP contribution in [0.5, 0.6) is 0 Å². The summed E-state index contributed by atoms with van der Waals surface area (Å²) in [4.78, 5) is 52.7. The molecule has 3 aromatic carbocycles. The first-order valence-corrected chi connectivity index (χ1v) is 16.1. The second-order valence-corrected chi connectivity index (χ2v) is 12.2. The van der Waals surface area contributed by atoms with E-state index in [2.05, 4.69) is 20.6 Å². The van der Waals surface area contributed by atoms with E-state index in [9.17, 15) is 31.9 Å². The number of hydrogen-bond donors (Lipinski definition) is 3. The number of aryl methyl sites for hydroxylation is 1. The smallest absolute Gasteiger partial charge is 0.419 e. The van der Waals surface area contributed by atoms with Crippen LogP contribution >= 0.6 is 11.6 Å². The van der Waals surface area contributed by atoms with Crippen molar-refractivity contribution in [1.29, 1.82) is 0 Å². The molecule has 0 aliphatic carbocycles. The first-order chi connectivity index (χ1) is 25.1. The molecular weight excluding hydrogens is 722 g/mol. The van der Waals surface area contributed by atoms with Gasteiger partial charge in [0.15, 0.2) is 5.65 Å². The van der Waals surface area contributed by atoms with E-state index in [0.29, 0.717) is 35.7 Å². The summed E-state index contributed by atoms with van der Waals surface area (Å²) in [6.45, 7) is 1.30. The Morgan fingerprint density at radius 3 is 2.38 bits per heavy atom. The van der Waals surface area contributed by atoms with Crippen molar-refractivity contribution in [2.24, 2.45) is 7.05 Å². The first kappa shape index (κ1) is 38.2. The highest BCUT2D eigenvalue weighted by Crippen LogP contribution is 2.33. The van der Waals surface area contributed by atoms with Gasteiger partial charge in [-0.25, -0.2) is 14.2 Å². The number of carboxylic acid groups (broad SMARTS) is 1. The van der Waals surface area contributed by atoms with E-state index in [1.54, 1.807) is 17.7 Å². The van der Waals surface area contributed by atoms with Crippen molar-refractivity contribution in [2.45, 2.75) is 6.18 Å². The highest BCUT2D eigenvalue weighted by atomic mass is 35.5. The van der Waals surface area contributed by atoms with E-state index in [4.69, 9.17) is 21.5 Å². The van der Waals surface area contributed by atoms with Gasteiger partial charge >= 0.3 is 12.1 Å². The molecule has 17 heteroatoms. The molecule has 6 rings (SSSR count). The van der Waals surface area contributed by atoms with E-state index in [1.165, 1.54) is 37.6 Å². The molecule has 0 saturated heterocycles. The zero-order valence-electron chi connectivity index (χ0n) is 28.6. The summed E-state index contributed by atoms with van der Waals surface area (Å²) in [5.74, 6) is -3.03. The molecule has 0 aliphatic heterocycles. The Labute approximate surface area is 304 Å². The summed E-state index contributed by atoms with van der Waals surface area (Å²) in [6, 6.07) is 16.9. The Bertz CT molecular complexity index is 2400. The quantitative estimate of drug-likeness (QED) is 0.142. The van der Waals surface area contributed by atoms with Crippen LogP contribution in [0.4, 0.5) is 29.2 Å². The minimum Gasteiger partial charge on any atom is -0.477 e. The summed E-state index contributed by atoms with van der Waals surface area (Å²) < 4.78 is 55.2. The number of nitrogens with zero attached hydrogens (tertiary/aromatic N) is 5. The van der Waals surface area contributed by atoms with Crippen molar-refractivity contribution in [1.82, 2.24) is 24.2 Å². The molecule has 0 spiro atoms. The van der Waals surface area contributed by atoms with Crippen LogP contribution < -0.4 is 21.0 Å². The lowest BCUT2D eigenvalue weighted by atomic mass is 10.0. The van der Waals surface area contributed by atoms with E-state index in [-0.39, 0.29) is 33.0 Å². The second kappa shape index (κ2) is 15.7. The van der Waals surface area contributed by atoms with Crippen LogP contribution in [0.1, 0.15) is 26.4 Å². The molecule has 6 aromatic rings. The van der Waals surface area contributed by atoms with Crippen LogP contribution in [0.15, 0.2) is 83.8 Å². The summed E-state index contributed by atoms with van der Waals surface area (Å²) in [5.41, 5.74) is -0.444. The van der Waals surface area contributed by atoms with E-state index < -0.39 is 35.0 Å². The maximum atomic E-state index is 14.0. The van der Waals surface area contributed by atoms with Crippen molar-refractivity contribution in [2.75, 3.05) is 44.9 Å². The predicted octanol–water partition coefficient (Wildman–Crippen LogP) is 6.43. The summed E-state index contributed by atoms with van der Waals surface area (Å²) in [7, 11) is 6.90. The third-order valence-electron chi connectivity index (χ3n) is 7.95. The Balaban J connectivity index is 0.000000347. The molecule has 0 aliphatic rings. The molecule has 3 N–H and O–H groups in total. The summed E-state index contributed by atoms with van der Waals surface area (Å²) >= 11 is 6.39. The normalized spacial score (nSPS) is 11.4. The number of alkyl halides is 3. The number of halogens is 5. The number of amides is 1. The summed E-state index contributed by atoms with van der Waals surface area (Å²) in [6.07, 6.45) is -3.38. The van der Waals surface area contributed by atoms with Gasteiger partial charge in [0.1, 0.15) is 18.6 Å². The number of aromatic nitrogens is 4. The molecule has 0 radical (unpaired) electrons. The minimum absolute atomic E-state index is 0.105. The van der Waals surface area contributed by atoms with Gasteiger partial charge in [-0.05, 0) is 68.7 Å². The van der Waals surface area contributed by atoms with Crippen LogP contribution in [0.2, 0.25) is 5.02 Å². The highest BCUT2D eigenvalue weighted by molar-refractivity contribution is 6.33. The Kier molecular flexibility index (Phi) is 11.3. The SMILES string of the molecule is COn1c(=O)c(-c2cc(NC(=O)c3ccc(C(F)(F)F)c(F)c3)ccc2Cl)cc2cnc(NCCN(C)C)nc21.Cn1c(C(=O)O)cc2ccccc21. The molecule has 12 nitrogen and oxygen atoms in total. The van der Waals surface area contributed by atoms with Gasteiger partial charge < -0.3 is 30.0 Å². The van der Waals surface area contributed by atoms with Crippen molar-refractivity contribution >= 4 is 57.0 Å². The number of para-hydroxylation sites is 1. The number of pyridine rings is 1. The number of carboxylic acids is 1. The predicted molar refractivity (Wildman–Crippen MR) is 193 cm³/mol. The zero-order chi connectivity index (χ0) is 38.6. The maximum absolute atomic E-state index is 14.0. The standard InChI is InChI=1S/C26H23ClF4N6O3.C10H9NO2/c1-36(2)9-8-32-25-33-13-15-10-18(24(39)37(40-3)22(15)35-25)17-12-16(5-7-20(17)27)34-23(38)14-4-6-19(21(28)11-14)26(29,30)31;1-11-8-5-3-2-4-7(8)6-9(11)10(12)13/h4-7,10-13H,8-9H2,1-3H3,(H,34,38)(H,32,33,35);2-6H,1H3,(H,12,13). The fraction of sp³-hybridized carbons (Fsp3) is 0.194. The number of rotatable bonds is 9. The molecule has 0 bridgehead atoms. The number of benzene rings is 3. The Morgan fingerprint density at radius 2 is 1.74 bits per heavy atom. The fourth-order valence-corrected chi connectivity index (χ4v) is 5.52. The van der Waals surface area contributed by atoms with Crippen molar-refractivity contribution in [3.05, 3.63) is 117 Å². The average Bonchev–Trinajstić information content (AvgIpc) is 3.45. The number of likely N-dealkylation sites (N-methyl/N-ethyl adjacent to an activating group) is 1. The van der Waals surface area contributed by atoms with Crippen LogP contribution in [-0.2, 0) is 13.2 Å². The topological polar surface area (TPSA) is 144 Å². The number of nitrogens with one attached hydrogen (secondary N) is 2. The van der Waals surface area contributed by atoms with E-state index in [0.717, 1.165) is 28.2 Å². The number of carbonyl (C=O) groups excluding carboxylic acids is 1. The third kappa shape index (κ3) is 8.56. The average molecular weight is 754 g/mol. The second-order valence-electron chi connectivity index (χ2n) is 11.8. The molecule has 1 amide bonds. The fourth-order valence-electron chi connectivity index (χ4n) is 5.30. The van der Waals surface area contributed by atoms with Gasteiger partial charge in [-0.1, -0.05) is 29.8 Å². The van der Waals surface area contributed by atoms with Crippen molar-refractivity contribution < 1.29 is 37.1 Å². The maximum Gasteiger partial charge on any atom is 0.419 e. The van der Waals surface area contributed by atoms with Gasteiger partial charge in [-0.3, -0.25) is 9.59 Å². The van der Waals surface area contributed by atoms with Gasteiger partial charge in [0.25, 0.3) is 11.5 Å². The lowest BCUT2D eigenvalue weighted by Gasteiger charge is -2.14. The van der Waals surface area contributed by atoms with Crippen LogP contribution in [0, 0.1) is 5.82 Å². The van der Waals surface area contributed by atoms with Gasteiger partial charge in [0.2, 0.25) is 5.95 Å². The van der Waals surface area contributed by atoms with E-state index in [1.807, 2.05) is 43.3 Å². The number of hydrogen-bond acceptors (Lipinski definition) is 8. The largest absolute Gasteiger partial charge is 0.477 e. The molecule has 276 valence electrons. The van der Waals surface area contributed by atoms with Crippen LogP contribution in [-0.4, -0.2) is 75.4 Å². The Morgan fingerprint density at radius 1 is 1.00 bits per heavy atom. The molecule has 53 heavy (non-hydrogen) atoms. The first-order valence-electron chi connectivity index (χ1n) is 15.7. The van der Waals surface area contributed by atoms with Gasteiger partial charge in [0, 0.05) is 64.5 Å². The van der Waals surface area contributed by atoms with E-state index >= 15 is 0 Å². The molecular formula is C36H32ClF4N7O5.